The first-order chi connectivity index (χ1) is 12.4. The van der Waals surface area contributed by atoms with Crippen LogP contribution in [0.2, 0.25) is 0 Å². The molecule has 1 amide bonds. The number of hydrogen-bond acceptors (Lipinski definition) is 4. The summed E-state index contributed by atoms with van der Waals surface area (Å²) in [5.74, 6) is -0.798. The van der Waals surface area contributed by atoms with E-state index in [1.165, 1.54) is 27.5 Å². The highest BCUT2D eigenvalue weighted by Crippen LogP contribution is 2.19. The second kappa shape index (κ2) is 7.55. The molecule has 1 saturated heterocycles. The number of carbonyl (C=O) groups excluding carboxylic acids is 1. The van der Waals surface area contributed by atoms with E-state index in [0.29, 0.717) is 24.3 Å². The summed E-state index contributed by atoms with van der Waals surface area (Å²) >= 11 is 0. The van der Waals surface area contributed by atoms with Crippen LogP contribution in [0, 0.1) is 12.7 Å². The maximum Gasteiger partial charge on any atom is 0.262 e. The van der Waals surface area contributed by atoms with Gasteiger partial charge in [-0.1, -0.05) is 12.5 Å². The Morgan fingerprint density at radius 2 is 2.00 bits per heavy atom. The molecule has 7 nitrogen and oxygen atoms in total. The SMILES string of the molecule is Cc1ccc(NC(=O)Cn2cnc(S(=O)(=O)N3CCCCC3)c2)cc1F. The predicted octanol–water partition coefficient (Wildman–Crippen LogP) is 2.14. The molecule has 1 fully saturated rings. The fourth-order valence-corrected chi connectivity index (χ4v) is 4.29. The van der Waals surface area contributed by atoms with E-state index in [1.807, 2.05) is 0 Å². The van der Waals surface area contributed by atoms with Crippen molar-refractivity contribution in [3.05, 3.63) is 42.1 Å². The first-order valence-corrected chi connectivity index (χ1v) is 9.88. The Kier molecular flexibility index (Phi) is 5.38. The van der Waals surface area contributed by atoms with Crippen molar-refractivity contribution in [2.75, 3.05) is 18.4 Å². The van der Waals surface area contributed by atoms with Gasteiger partial charge in [0, 0.05) is 25.0 Å². The number of carbonyl (C=O) groups is 1. The molecule has 0 saturated carbocycles. The minimum Gasteiger partial charge on any atom is -0.327 e. The third kappa shape index (κ3) is 4.10. The van der Waals surface area contributed by atoms with Crippen LogP contribution in [0.3, 0.4) is 0 Å². The summed E-state index contributed by atoms with van der Waals surface area (Å²) in [5, 5.41) is 2.52. The Bertz CT molecular complexity index is 904. The van der Waals surface area contributed by atoms with Crippen molar-refractivity contribution in [2.24, 2.45) is 0 Å². The lowest BCUT2D eigenvalue weighted by Crippen LogP contribution is -2.35. The van der Waals surface area contributed by atoms with Gasteiger partial charge in [-0.25, -0.2) is 17.8 Å². The van der Waals surface area contributed by atoms with Crippen molar-refractivity contribution in [1.82, 2.24) is 13.9 Å². The molecule has 1 aliphatic rings. The van der Waals surface area contributed by atoms with E-state index in [2.05, 4.69) is 10.3 Å². The fourth-order valence-electron chi connectivity index (χ4n) is 2.83. The zero-order chi connectivity index (χ0) is 18.7. The molecule has 0 aliphatic carbocycles. The highest BCUT2D eigenvalue weighted by atomic mass is 32.2. The summed E-state index contributed by atoms with van der Waals surface area (Å²) in [6, 6.07) is 4.43. The number of amides is 1. The quantitative estimate of drug-likeness (QED) is 0.861. The summed E-state index contributed by atoms with van der Waals surface area (Å²) in [7, 11) is -3.63. The molecular formula is C17H21FN4O3S. The first-order valence-electron chi connectivity index (χ1n) is 8.44. The Labute approximate surface area is 151 Å². The van der Waals surface area contributed by atoms with Crippen molar-refractivity contribution >= 4 is 21.6 Å². The van der Waals surface area contributed by atoms with Crippen LogP contribution in [0.15, 0.2) is 35.7 Å². The van der Waals surface area contributed by atoms with E-state index in [1.54, 1.807) is 19.1 Å². The van der Waals surface area contributed by atoms with Crippen molar-refractivity contribution in [2.45, 2.75) is 37.8 Å². The molecule has 9 heteroatoms. The number of rotatable bonds is 5. The van der Waals surface area contributed by atoms with Crippen molar-refractivity contribution in [1.29, 1.82) is 0 Å². The monoisotopic (exact) mass is 380 g/mol. The topological polar surface area (TPSA) is 84.3 Å². The lowest BCUT2D eigenvalue weighted by molar-refractivity contribution is -0.116. The number of piperidine rings is 1. The van der Waals surface area contributed by atoms with Crippen LogP contribution >= 0.6 is 0 Å². The lowest BCUT2D eigenvalue weighted by atomic mass is 10.2. The van der Waals surface area contributed by atoms with Gasteiger partial charge in [0.2, 0.25) is 5.91 Å². The van der Waals surface area contributed by atoms with Crippen LogP contribution in [-0.4, -0.2) is 41.3 Å². The maximum absolute atomic E-state index is 13.5. The van der Waals surface area contributed by atoms with E-state index in [4.69, 9.17) is 0 Å². The molecule has 26 heavy (non-hydrogen) atoms. The summed E-state index contributed by atoms with van der Waals surface area (Å²) in [5.41, 5.74) is 0.838. The molecule has 0 unspecified atom stereocenters. The van der Waals surface area contributed by atoms with Crippen molar-refractivity contribution in [3.63, 3.8) is 0 Å². The third-order valence-electron chi connectivity index (χ3n) is 4.31. The van der Waals surface area contributed by atoms with E-state index in [-0.39, 0.29) is 11.6 Å². The molecule has 0 spiro atoms. The number of sulfonamides is 1. The lowest BCUT2D eigenvalue weighted by Gasteiger charge is -2.24. The molecule has 1 aliphatic heterocycles. The Morgan fingerprint density at radius 1 is 1.27 bits per heavy atom. The van der Waals surface area contributed by atoms with Crippen LogP contribution in [0.4, 0.5) is 10.1 Å². The second-order valence-corrected chi connectivity index (χ2v) is 8.25. The zero-order valence-corrected chi connectivity index (χ0v) is 15.3. The van der Waals surface area contributed by atoms with Gasteiger partial charge in [0.1, 0.15) is 12.4 Å². The largest absolute Gasteiger partial charge is 0.327 e. The number of aromatic nitrogens is 2. The normalized spacial score (nSPS) is 15.8. The van der Waals surface area contributed by atoms with Gasteiger partial charge in [-0.15, -0.1) is 0 Å². The summed E-state index contributed by atoms with van der Waals surface area (Å²) in [6.45, 7) is 2.51. The Hall–Kier alpha value is -2.26. The van der Waals surface area contributed by atoms with Crippen LogP contribution < -0.4 is 5.32 Å². The number of imidazole rings is 1. The number of aryl methyl sites for hydroxylation is 1. The predicted molar refractivity (Wildman–Crippen MR) is 94.6 cm³/mol. The van der Waals surface area contributed by atoms with E-state index in [9.17, 15) is 17.6 Å². The summed E-state index contributed by atoms with van der Waals surface area (Å²) in [4.78, 5) is 16.0. The number of nitrogens with zero attached hydrogens (tertiary/aromatic N) is 3. The fraction of sp³-hybridized carbons (Fsp3) is 0.412. The van der Waals surface area contributed by atoms with Gasteiger partial charge in [0.15, 0.2) is 5.03 Å². The van der Waals surface area contributed by atoms with Crippen molar-refractivity contribution < 1.29 is 17.6 Å². The molecule has 0 radical (unpaired) electrons. The van der Waals surface area contributed by atoms with Crippen LogP contribution in [0.1, 0.15) is 24.8 Å². The van der Waals surface area contributed by atoms with Gasteiger partial charge in [-0.3, -0.25) is 4.79 Å². The average molecular weight is 380 g/mol. The third-order valence-corrected chi connectivity index (χ3v) is 6.09. The van der Waals surface area contributed by atoms with E-state index in [0.717, 1.165) is 19.3 Å². The standard InChI is InChI=1S/C17H21FN4O3S/c1-13-5-6-14(9-15(13)18)20-16(23)10-21-11-17(19-12-21)26(24,25)22-7-3-2-4-8-22/h5-6,9,11-12H,2-4,7-8,10H2,1H3,(H,20,23). The molecule has 0 bridgehead atoms. The number of nitrogens with one attached hydrogen (secondary N) is 1. The number of benzene rings is 1. The number of anilines is 1. The van der Waals surface area contributed by atoms with Crippen LogP contribution in [0.5, 0.6) is 0 Å². The molecule has 2 aromatic rings. The highest BCUT2D eigenvalue weighted by molar-refractivity contribution is 7.89. The molecule has 3 rings (SSSR count). The zero-order valence-electron chi connectivity index (χ0n) is 14.5. The molecule has 140 valence electrons. The van der Waals surface area contributed by atoms with Gasteiger partial charge in [-0.05, 0) is 37.5 Å². The Balaban J connectivity index is 1.65. The van der Waals surface area contributed by atoms with Crippen LogP contribution in [0.25, 0.3) is 0 Å². The molecule has 0 atom stereocenters. The molecule has 1 aromatic heterocycles. The minimum atomic E-state index is -3.63. The smallest absolute Gasteiger partial charge is 0.262 e. The molecule has 2 heterocycles. The Morgan fingerprint density at radius 3 is 2.69 bits per heavy atom. The number of hydrogen-bond donors (Lipinski definition) is 1. The maximum atomic E-state index is 13.5. The van der Waals surface area contributed by atoms with Crippen molar-refractivity contribution in [3.8, 4) is 0 Å². The van der Waals surface area contributed by atoms with Gasteiger partial charge in [0.25, 0.3) is 10.0 Å². The summed E-state index contributed by atoms with van der Waals surface area (Å²) in [6.07, 6.45) is 5.37. The average Bonchev–Trinajstić information content (AvgIpc) is 3.08. The molecular weight excluding hydrogens is 359 g/mol. The van der Waals surface area contributed by atoms with Gasteiger partial charge in [-0.2, -0.15) is 4.31 Å². The first kappa shape index (κ1) is 18.5. The molecule has 1 N–H and O–H groups in total. The van der Waals surface area contributed by atoms with E-state index < -0.39 is 21.7 Å². The van der Waals surface area contributed by atoms with E-state index >= 15 is 0 Å². The van der Waals surface area contributed by atoms with Gasteiger partial charge >= 0.3 is 0 Å². The number of halogens is 1. The second-order valence-electron chi connectivity index (χ2n) is 6.36. The van der Waals surface area contributed by atoms with Crippen LogP contribution in [-0.2, 0) is 21.4 Å². The summed E-state index contributed by atoms with van der Waals surface area (Å²) < 4.78 is 41.5. The molecule has 1 aromatic carbocycles. The minimum absolute atomic E-state index is 0.0615. The van der Waals surface area contributed by atoms with Gasteiger partial charge in [0.05, 0.1) is 6.33 Å². The highest BCUT2D eigenvalue weighted by Gasteiger charge is 2.28. The van der Waals surface area contributed by atoms with Gasteiger partial charge < -0.3 is 9.88 Å².